The van der Waals surface area contributed by atoms with Crippen molar-refractivity contribution in [2.45, 2.75) is 26.4 Å². The van der Waals surface area contributed by atoms with Gasteiger partial charge in [-0.25, -0.2) is 0 Å². The Bertz CT molecular complexity index is 593. The van der Waals surface area contributed by atoms with Crippen molar-refractivity contribution in [3.8, 4) is 0 Å². The topological polar surface area (TPSA) is 45.7 Å². The minimum absolute atomic E-state index is 0.00724. The lowest BCUT2D eigenvalue weighted by Gasteiger charge is -2.11. The van der Waals surface area contributed by atoms with Crippen LogP contribution in [-0.4, -0.2) is 11.9 Å². The summed E-state index contributed by atoms with van der Waals surface area (Å²) in [7, 11) is 0. The first-order valence-electron chi connectivity index (χ1n) is 7.00. The number of hydrogen-bond donors (Lipinski definition) is 2. The second kappa shape index (κ2) is 7.25. The Balaban J connectivity index is 1.84. The van der Waals surface area contributed by atoms with Crippen LogP contribution < -0.4 is 10.6 Å². The number of aryl methyl sites for hydroxylation is 1. The lowest BCUT2D eigenvalue weighted by molar-refractivity contribution is -0.688. The molecule has 1 amide bonds. The van der Waals surface area contributed by atoms with Gasteiger partial charge in [0.15, 0.2) is 6.04 Å². The number of nitrogens with one attached hydrogen (secondary N) is 1. The Labute approximate surface area is 130 Å². The zero-order valence-corrected chi connectivity index (χ0v) is 13.0. The van der Waals surface area contributed by atoms with E-state index >= 15 is 0 Å². The largest absolute Gasteiger partial charge is 0.333 e. The van der Waals surface area contributed by atoms with E-state index in [4.69, 9.17) is 11.6 Å². The van der Waals surface area contributed by atoms with E-state index < -0.39 is 0 Å². The molecule has 0 fully saturated rings. The number of quaternary nitrogens is 1. The summed E-state index contributed by atoms with van der Waals surface area (Å²) in [5.74, 6) is 0.00724. The molecule has 0 bridgehead atoms. The van der Waals surface area contributed by atoms with Gasteiger partial charge in [-0.15, -0.1) is 0 Å². The van der Waals surface area contributed by atoms with E-state index in [1.54, 1.807) is 0 Å². The van der Waals surface area contributed by atoms with Gasteiger partial charge in [-0.1, -0.05) is 41.4 Å². The molecule has 0 radical (unpaired) electrons. The van der Waals surface area contributed by atoms with Crippen LogP contribution in [0.2, 0.25) is 5.02 Å². The minimum Gasteiger partial charge on any atom is -0.333 e. The molecule has 0 unspecified atom stereocenters. The first kappa shape index (κ1) is 15.5. The molecule has 0 aliphatic rings. The standard InChI is InChI=1S/C17H19ClN2O/c1-12-3-9-16(10-4-12)20-17(21)13(2)19-11-14-5-7-15(18)8-6-14/h3-10,13,19H,11H2,1-2H3,(H,20,21)/p+1/t13-/m0/s1. The molecule has 110 valence electrons. The number of nitrogens with two attached hydrogens (primary N) is 1. The Morgan fingerprint density at radius 2 is 1.76 bits per heavy atom. The summed E-state index contributed by atoms with van der Waals surface area (Å²) in [6, 6.07) is 15.3. The van der Waals surface area contributed by atoms with Crippen molar-refractivity contribution in [1.82, 2.24) is 0 Å². The fraction of sp³-hybridized carbons (Fsp3) is 0.235. The van der Waals surface area contributed by atoms with Crippen LogP contribution in [0, 0.1) is 6.92 Å². The van der Waals surface area contributed by atoms with Gasteiger partial charge in [0, 0.05) is 16.3 Å². The molecule has 3 nitrogen and oxygen atoms in total. The first-order chi connectivity index (χ1) is 10.0. The summed E-state index contributed by atoms with van der Waals surface area (Å²) < 4.78 is 0. The highest BCUT2D eigenvalue weighted by Gasteiger charge is 2.15. The van der Waals surface area contributed by atoms with E-state index in [-0.39, 0.29) is 11.9 Å². The number of amides is 1. The van der Waals surface area contributed by atoms with Gasteiger partial charge in [0.1, 0.15) is 6.54 Å². The van der Waals surface area contributed by atoms with Gasteiger partial charge in [-0.2, -0.15) is 0 Å². The number of benzene rings is 2. The predicted molar refractivity (Wildman–Crippen MR) is 86.4 cm³/mol. The van der Waals surface area contributed by atoms with Crippen LogP contribution >= 0.6 is 11.6 Å². The van der Waals surface area contributed by atoms with Gasteiger partial charge in [-0.3, -0.25) is 4.79 Å². The highest BCUT2D eigenvalue weighted by Crippen LogP contribution is 2.09. The van der Waals surface area contributed by atoms with Gasteiger partial charge < -0.3 is 10.6 Å². The molecule has 2 aromatic rings. The number of halogens is 1. The zero-order chi connectivity index (χ0) is 15.2. The van der Waals surface area contributed by atoms with Crippen LogP contribution in [0.25, 0.3) is 0 Å². The van der Waals surface area contributed by atoms with Crippen molar-refractivity contribution < 1.29 is 10.1 Å². The zero-order valence-electron chi connectivity index (χ0n) is 12.3. The van der Waals surface area contributed by atoms with Crippen LogP contribution in [0.5, 0.6) is 0 Å². The molecular formula is C17H20ClN2O+. The van der Waals surface area contributed by atoms with Crippen LogP contribution in [0.4, 0.5) is 5.69 Å². The molecule has 0 aliphatic carbocycles. The number of carbonyl (C=O) groups excluding carboxylic acids is 1. The Kier molecular flexibility index (Phi) is 5.37. The molecular weight excluding hydrogens is 284 g/mol. The van der Waals surface area contributed by atoms with E-state index in [2.05, 4.69) is 5.32 Å². The van der Waals surface area contributed by atoms with E-state index in [0.29, 0.717) is 0 Å². The molecule has 0 saturated heterocycles. The first-order valence-corrected chi connectivity index (χ1v) is 7.37. The number of carbonyl (C=O) groups is 1. The van der Waals surface area contributed by atoms with Crippen molar-refractivity contribution in [1.29, 1.82) is 0 Å². The van der Waals surface area contributed by atoms with E-state index in [1.807, 2.05) is 67.7 Å². The lowest BCUT2D eigenvalue weighted by atomic mass is 10.2. The van der Waals surface area contributed by atoms with Crippen LogP contribution in [0.1, 0.15) is 18.1 Å². The van der Waals surface area contributed by atoms with Crippen molar-refractivity contribution in [3.63, 3.8) is 0 Å². The number of anilines is 1. The summed E-state index contributed by atoms with van der Waals surface area (Å²) in [5.41, 5.74) is 3.15. The van der Waals surface area contributed by atoms with Crippen molar-refractivity contribution in [3.05, 3.63) is 64.7 Å². The SMILES string of the molecule is Cc1ccc(NC(=O)[C@H](C)[NH2+]Cc2ccc(Cl)cc2)cc1. The van der Waals surface area contributed by atoms with Gasteiger partial charge in [0.05, 0.1) is 0 Å². The highest BCUT2D eigenvalue weighted by atomic mass is 35.5. The number of rotatable bonds is 5. The third kappa shape index (κ3) is 4.88. The fourth-order valence-corrected chi connectivity index (χ4v) is 2.06. The smallest absolute Gasteiger partial charge is 0.282 e. The van der Waals surface area contributed by atoms with Crippen molar-refractivity contribution in [2.24, 2.45) is 0 Å². The van der Waals surface area contributed by atoms with Crippen LogP contribution in [0.15, 0.2) is 48.5 Å². The third-order valence-corrected chi connectivity index (χ3v) is 3.61. The van der Waals surface area contributed by atoms with Crippen molar-refractivity contribution in [2.75, 3.05) is 5.32 Å². The van der Waals surface area contributed by atoms with E-state index in [0.717, 1.165) is 22.8 Å². The normalized spacial score (nSPS) is 12.0. The maximum atomic E-state index is 12.1. The Hall–Kier alpha value is -1.84. The lowest BCUT2D eigenvalue weighted by Crippen LogP contribution is -2.90. The molecule has 1 atom stereocenters. The monoisotopic (exact) mass is 303 g/mol. The van der Waals surface area contributed by atoms with Gasteiger partial charge in [0.2, 0.25) is 0 Å². The average molecular weight is 304 g/mol. The fourth-order valence-electron chi connectivity index (χ4n) is 1.93. The van der Waals surface area contributed by atoms with Gasteiger partial charge in [0.25, 0.3) is 5.91 Å². The summed E-state index contributed by atoms with van der Waals surface area (Å²) in [6.45, 7) is 4.67. The molecule has 4 heteroatoms. The maximum Gasteiger partial charge on any atom is 0.282 e. The second-order valence-corrected chi connectivity index (χ2v) is 5.65. The van der Waals surface area contributed by atoms with Crippen LogP contribution in [0.3, 0.4) is 0 Å². The molecule has 0 aliphatic heterocycles. The van der Waals surface area contributed by atoms with Gasteiger partial charge >= 0.3 is 0 Å². The third-order valence-electron chi connectivity index (χ3n) is 3.35. The van der Waals surface area contributed by atoms with E-state index in [9.17, 15) is 4.79 Å². The maximum absolute atomic E-state index is 12.1. The van der Waals surface area contributed by atoms with Gasteiger partial charge in [-0.05, 0) is 38.1 Å². The van der Waals surface area contributed by atoms with Crippen molar-refractivity contribution >= 4 is 23.2 Å². The molecule has 2 aromatic carbocycles. The average Bonchev–Trinajstić information content (AvgIpc) is 2.48. The molecule has 0 aromatic heterocycles. The quantitative estimate of drug-likeness (QED) is 0.876. The summed E-state index contributed by atoms with van der Waals surface area (Å²) in [5, 5.41) is 5.66. The van der Waals surface area contributed by atoms with Crippen LogP contribution in [-0.2, 0) is 11.3 Å². The van der Waals surface area contributed by atoms with E-state index in [1.165, 1.54) is 5.56 Å². The molecule has 0 saturated carbocycles. The summed E-state index contributed by atoms with van der Waals surface area (Å²) >= 11 is 5.85. The molecule has 0 heterocycles. The Morgan fingerprint density at radius 1 is 1.14 bits per heavy atom. The Morgan fingerprint density at radius 3 is 2.38 bits per heavy atom. The summed E-state index contributed by atoms with van der Waals surface area (Å²) in [4.78, 5) is 12.1. The predicted octanol–water partition coefficient (Wildman–Crippen LogP) is 2.74. The summed E-state index contributed by atoms with van der Waals surface area (Å²) in [6.07, 6.45) is 0. The molecule has 0 spiro atoms. The molecule has 3 N–H and O–H groups in total. The molecule has 2 rings (SSSR count). The number of hydrogen-bond acceptors (Lipinski definition) is 1. The molecule has 21 heavy (non-hydrogen) atoms. The second-order valence-electron chi connectivity index (χ2n) is 5.21. The minimum atomic E-state index is -0.151. The highest BCUT2D eigenvalue weighted by molar-refractivity contribution is 6.30.